The fraction of sp³-hybridized carbons (Fsp3) is 0.158. The van der Waals surface area contributed by atoms with Crippen molar-refractivity contribution in [3.05, 3.63) is 78.5 Å². The van der Waals surface area contributed by atoms with E-state index in [-0.39, 0.29) is 29.1 Å². The summed E-state index contributed by atoms with van der Waals surface area (Å²) in [6.45, 7) is 0. The van der Waals surface area contributed by atoms with Gasteiger partial charge in [0, 0.05) is 38.1 Å². The summed E-state index contributed by atoms with van der Waals surface area (Å²) >= 11 is 18.2. The van der Waals surface area contributed by atoms with Gasteiger partial charge in [-0.05, 0) is 48.2 Å². The van der Waals surface area contributed by atoms with Crippen molar-refractivity contribution in [3.63, 3.8) is 0 Å². The van der Waals surface area contributed by atoms with Crippen molar-refractivity contribution >= 4 is 51.5 Å². The normalized spacial score (nSPS) is 16.9. The maximum Gasteiger partial charge on any atom is 0.200 e. The summed E-state index contributed by atoms with van der Waals surface area (Å²) in [4.78, 5) is 28.7. The molecule has 3 nitrogen and oxygen atoms in total. The Hall–Kier alpha value is -1.81. The van der Waals surface area contributed by atoms with Crippen LogP contribution in [-0.2, 0) is 6.42 Å². The molecule has 126 valence electrons. The molecule has 6 heteroatoms. The number of Topliss-reactive ketones (excluding diaryl/α,β-unsaturated/α-hetero) is 1. The zero-order valence-electron chi connectivity index (χ0n) is 12.9. The third kappa shape index (κ3) is 2.86. The number of ketones is 1. The Morgan fingerprint density at radius 3 is 2.40 bits per heavy atom. The van der Waals surface area contributed by atoms with Gasteiger partial charge in [-0.1, -0.05) is 40.9 Å². The van der Waals surface area contributed by atoms with E-state index in [1.165, 1.54) is 0 Å². The minimum Gasteiger partial charge on any atom is -0.358 e. The maximum atomic E-state index is 12.7. The molecule has 1 atom stereocenters. The smallest absolute Gasteiger partial charge is 0.200 e. The van der Waals surface area contributed by atoms with Gasteiger partial charge in [-0.3, -0.25) is 9.59 Å². The van der Waals surface area contributed by atoms with Crippen LogP contribution in [0.15, 0.2) is 41.2 Å². The van der Waals surface area contributed by atoms with Crippen LogP contribution in [0.2, 0.25) is 15.1 Å². The summed E-state index contributed by atoms with van der Waals surface area (Å²) in [6.07, 6.45) is 0.778. The lowest BCUT2D eigenvalue weighted by Gasteiger charge is -2.24. The van der Waals surface area contributed by atoms with Crippen LogP contribution in [0.4, 0.5) is 0 Å². The van der Waals surface area contributed by atoms with Crippen LogP contribution in [0.3, 0.4) is 0 Å². The maximum absolute atomic E-state index is 12.7. The highest BCUT2D eigenvalue weighted by atomic mass is 35.5. The van der Waals surface area contributed by atoms with Crippen LogP contribution in [-0.4, -0.2) is 10.8 Å². The van der Waals surface area contributed by atoms with Crippen LogP contribution in [0.5, 0.6) is 0 Å². The zero-order valence-corrected chi connectivity index (χ0v) is 15.2. The molecule has 0 radical (unpaired) electrons. The lowest BCUT2D eigenvalue weighted by Crippen LogP contribution is -2.27. The van der Waals surface area contributed by atoms with Gasteiger partial charge in [-0.25, -0.2) is 0 Å². The summed E-state index contributed by atoms with van der Waals surface area (Å²) in [5.74, 6) is -0.273. The zero-order chi connectivity index (χ0) is 17.7. The number of aromatic amines is 1. The molecule has 1 aliphatic rings. The minimum atomic E-state index is -0.267. The van der Waals surface area contributed by atoms with Crippen LogP contribution in [0, 0.1) is 0 Å². The third-order valence-electron chi connectivity index (χ3n) is 4.60. The molecular formula is C19H12Cl3NO2. The van der Waals surface area contributed by atoms with Gasteiger partial charge in [0.25, 0.3) is 0 Å². The summed E-state index contributed by atoms with van der Waals surface area (Å²) in [7, 11) is 0. The van der Waals surface area contributed by atoms with Crippen molar-refractivity contribution in [3.8, 4) is 0 Å². The van der Waals surface area contributed by atoms with Crippen LogP contribution in [0.1, 0.15) is 34.0 Å². The van der Waals surface area contributed by atoms with Crippen molar-refractivity contribution in [2.24, 2.45) is 0 Å². The Bertz CT molecular complexity index is 1090. The molecule has 0 saturated heterocycles. The number of carbonyl (C=O) groups is 1. The number of hydrogen-bond donors (Lipinski definition) is 1. The van der Waals surface area contributed by atoms with E-state index < -0.39 is 0 Å². The standard InChI is InChI=1S/C19H12Cl3NO2/c20-10-2-4-15-13(7-10)19(25)18-16(23-15)5-9(6-17(18)24)12-3-1-11(21)8-14(12)22/h1-4,7-9H,5-6H2,(H,23,25)/t9-/m0/s1. The summed E-state index contributed by atoms with van der Waals surface area (Å²) in [5, 5.41) is 1.98. The summed E-state index contributed by atoms with van der Waals surface area (Å²) in [6, 6.07) is 10.3. The number of aromatic nitrogens is 1. The van der Waals surface area contributed by atoms with E-state index in [4.69, 9.17) is 34.8 Å². The van der Waals surface area contributed by atoms with Crippen molar-refractivity contribution in [1.29, 1.82) is 0 Å². The number of fused-ring (bicyclic) bond motifs is 2. The van der Waals surface area contributed by atoms with Crippen LogP contribution >= 0.6 is 34.8 Å². The Morgan fingerprint density at radius 2 is 1.64 bits per heavy atom. The average molecular weight is 393 g/mol. The van der Waals surface area contributed by atoms with Gasteiger partial charge < -0.3 is 4.98 Å². The van der Waals surface area contributed by atoms with Gasteiger partial charge in [-0.15, -0.1) is 0 Å². The Labute approximate surface area is 158 Å². The number of H-pyrrole nitrogens is 1. The van der Waals surface area contributed by atoms with Gasteiger partial charge >= 0.3 is 0 Å². The van der Waals surface area contributed by atoms with E-state index in [0.29, 0.717) is 38.1 Å². The number of carbonyl (C=O) groups excluding carboxylic acids is 1. The van der Waals surface area contributed by atoms with Crippen molar-refractivity contribution in [2.45, 2.75) is 18.8 Å². The first-order valence-electron chi connectivity index (χ1n) is 7.76. The number of hydrogen-bond acceptors (Lipinski definition) is 2. The second-order valence-electron chi connectivity index (χ2n) is 6.19. The highest BCUT2D eigenvalue weighted by Crippen LogP contribution is 2.36. The van der Waals surface area contributed by atoms with E-state index in [1.807, 2.05) is 6.07 Å². The Balaban J connectivity index is 1.86. The number of halogens is 3. The lowest BCUT2D eigenvalue weighted by atomic mass is 9.81. The minimum absolute atomic E-state index is 0.0924. The van der Waals surface area contributed by atoms with E-state index in [0.717, 1.165) is 5.56 Å². The molecule has 1 aliphatic carbocycles. The predicted octanol–water partition coefficient (Wildman–Crippen LogP) is 5.40. The highest BCUT2D eigenvalue weighted by molar-refractivity contribution is 6.35. The molecule has 0 aliphatic heterocycles. The molecule has 0 unspecified atom stereocenters. The van der Waals surface area contributed by atoms with Gasteiger partial charge in [0.2, 0.25) is 5.43 Å². The molecule has 1 heterocycles. The quantitative estimate of drug-likeness (QED) is 0.602. The second-order valence-corrected chi connectivity index (χ2v) is 7.47. The lowest BCUT2D eigenvalue weighted by molar-refractivity contribution is 0.0962. The number of rotatable bonds is 1. The molecule has 25 heavy (non-hydrogen) atoms. The molecule has 1 N–H and O–H groups in total. The summed E-state index contributed by atoms with van der Waals surface area (Å²) < 4.78 is 0. The Kier molecular flexibility index (Phi) is 4.11. The van der Waals surface area contributed by atoms with Gasteiger partial charge in [0.1, 0.15) is 0 Å². The highest BCUT2D eigenvalue weighted by Gasteiger charge is 2.30. The number of benzene rings is 2. The molecule has 2 aromatic carbocycles. The fourth-order valence-electron chi connectivity index (χ4n) is 3.46. The SMILES string of the molecule is O=C1C[C@@H](c2ccc(Cl)cc2Cl)Cc2[nH]c3ccc(Cl)cc3c(=O)c21. The van der Waals surface area contributed by atoms with E-state index in [1.54, 1.807) is 30.3 Å². The van der Waals surface area contributed by atoms with E-state index >= 15 is 0 Å². The van der Waals surface area contributed by atoms with Crippen molar-refractivity contribution in [1.82, 2.24) is 4.98 Å². The monoisotopic (exact) mass is 391 g/mol. The van der Waals surface area contributed by atoms with Gasteiger partial charge in [0.05, 0.1) is 5.56 Å². The molecule has 0 amide bonds. The first-order chi connectivity index (χ1) is 11.9. The van der Waals surface area contributed by atoms with Gasteiger partial charge in [-0.2, -0.15) is 0 Å². The molecule has 1 aromatic heterocycles. The molecule has 0 saturated carbocycles. The predicted molar refractivity (Wildman–Crippen MR) is 101 cm³/mol. The first-order valence-corrected chi connectivity index (χ1v) is 8.90. The second kappa shape index (κ2) is 6.17. The molecule has 0 bridgehead atoms. The molecule has 3 aromatic rings. The molecule has 0 fully saturated rings. The van der Waals surface area contributed by atoms with E-state index in [9.17, 15) is 9.59 Å². The number of nitrogens with one attached hydrogen (secondary N) is 1. The van der Waals surface area contributed by atoms with Crippen LogP contribution in [0.25, 0.3) is 10.9 Å². The molecule has 0 spiro atoms. The topological polar surface area (TPSA) is 49.9 Å². The van der Waals surface area contributed by atoms with Gasteiger partial charge in [0.15, 0.2) is 5.78 Å². The van der Waals surface area contributed by atoms with Crippen molar-refractivity contribution < 1.29 is 4.79 Å². The molecular weight excluding hydrogens is 381 g/mol. The number of pyridine rings is 1. The first kappa shape index (κ1) is 16.6. The summed E-state index contributed by atoms with van der Waals surface area (Å²) in [5.41, 5.74) is 2.14. The Morgan fingerprint density at radius 1 is 0.920 bits per heavy atom. The third-order valence-corrected chi connectivity index (χ3v) is 5.40. The van der Waals surface area contributed by atoms with Crippen LogP contribution < -0.4 is 5.43 Å². The largest absolute Gasteiger partial charge is 0.358 e. The van der Waals surface area contributed by atoms with E-state index in [2.05, 4.69) is 4.98 Å². The van der Waals surface area contributed by atoms with Crippen molar-refractivity contribution in [2.75, 3.05) is 0 Å². The fourth-order valence-corrected chi connectivity index (χ4v) is 4.19. The average Bonchev–Trinajstić information content (AvgIpc) is 2.55. The molecule has 4 rings (SSSR count).